The molecule has 0 aromatic heterocycles. The molecule has 0 saturated carbocycles. The van der Waals surface area contributed by atoms with E-state index in [1.165, 1.54) is 21.3 Å². The highest BCUT2D eigenvalue weighted by molar-refractivity contribution is 8.18. The van der Waals surface area contributed by atoms with E-state index >= 15 is 0 Å². The molecule has 0 radical (unpaired) electrons. The lowest BCUT2D eigenvalue weighted by atomic mass is 10.1. The fourth-order valence-corrected chi connectivity index (χ4v) is 4.31. The van der Waals surface area contributed by atoms with Crippen LogP contribution in [-0.2, 0) is 4.79 Å². The van der Waals surface area contributed by atoms with Crippen LogP contribution in [0.15, 0.2) is 41.3 Å². The van der Waals surface area contributed by atoms with Gasteiger partial charge in [-0.25, -0.2) is 0 Å². The number of methoxy groups -OCH3 is 3. The Balaban J connectivity index is 1.59. The van der Waals surface area contributed by atoms with Gasteiger partial charge in [-0.1, -0.05) is 13.3 Å². The number of carbonyl (C=O) groups is 3. The minimum absolute atomic E-state index is 0.0568. The number of nitrogens with one attached hydrogen (secondary N) is 1. The number of carbonyl (C=O) groups excluding carboxylic acids is 3. The molecule has 1 aliphatic rings. The van der Waals surface area contributed by atoms with E-state index in [9.17, 15) is 14.4 Å². The maximum atomic E-state index is 12.8. The van der Waals surface area contributed by atoms with Crippen LogP contribution in [0.4, 0.5) is 4.79 Å². The summed E-state index contributed by atoms with van der Waals surface area (Å²) >= 11 is 0.837. The molecule has 0 aliphatic carbocycles. The number of rotatable bonds is 12. The Hall–Kier alpha value is -3.66. The summed E-state index contributed by atoms with van der Waals surface area (Å²) in [6.45, 7) is 2.91. The summed E-state index contributed by atoms with van der Waals surface area (Å²) < 4.78 is 21.6. The van der Waals surface area contributed by atoms with Crippen LogP contribution in [0.2, 0.25) is 0 Å². The number of imide groups is 1. The average Bonchev–Trinajstić information content (AvgIpc) is 3.15. The highest BCUT2D eigenvalue weighted by atomic mass is 32.2. The quantitative estimate of drug-likeness (QED) is 0.329. The second-order valence-electron chi connectivity index (χ2n) is 7.77. The number of benzene rings is 2. The number of hydrogen-bond donors (Lipinski definition) is 1. The lowest BCUT2D eigenvalue weighted by Crippen LogP contribution is -2.37. The Morgan fingerprint density at radius 1 is 1.03 bits per heavy atom. The molecule has 10 heteroatoms. The molecule has 1 saturated heterocycles. The molecule has 9 nitrogen and oxygen atoms in total. The summed E-state index contributed by atoms with van der Waals surface area (Å²) in [5.41, 5.74) is 1.08. The van der Waals surface area contributed by atoms with Crippen molar-refractivity contribution < 1.29 is 33.3 Å². The van der Waals surface area contributed by atoms with Crippen molar-refractivity contribution in [3.05, 3.63) is 52.4 Å². The smallest absolute Gasteiger partial charge is 0.293 e. The highest BCUT2D eigenvalue weighted by Crippen LogP contribution is 2.40. The van der Waals surface area contributed by atoms with Crippen molar-refractivity contribution in [2.24, 2.45) is 0 Å². The van der Waals surface area contributed by atoms with Gasteiger partial charge < -0.3 is 24.3 Å². The molecule has 3 amide bonds. The molecule has 0 spiro atoms. The molecular weight excluding hydrogens is 484 g/mol. The predicted molar refractivity (Wildman–Crippen MR) is 138 cm³/mol. The molecule has 0 unspecified atom stereocenters. The second kappa shape index (κ2) is 12.9. The number of nitrogens with zero attached hydrogens (tertiary/aromatic N) is 1. The number of ether oxygens (including phenoxy) is 4. The summed E-state index contributed by atoms with van der Waals surface area (Å²) in [7, 11) is 4.50. The van der Waals surface area contributed by atoms with Crippen molar-refractivity contribution in [2.45, 2.75) is 19.8 Å². The molecular formula is C26H30N2O7S. The zero-order valence-electron chi connectivity index (χ0n) is 20.8. The van der Waals surface area contributed by atoms with Gasteiger partial charge in [0.15, 0.2) is 11.5 Å². The first-order valence-electron chi connectivity index (χ1n) is 11.5. The molecule has 0 atom stereocenters. The van der Waals surface area contributed by atoms with Crippen molar-refractivity contribution in [3.8, 4) is 23.0 Å². The molecule has 1 aliphatic heterocycles. The van der Waals surface area contributed by atoms with Crippen LogP contribution in [0, 0.1) is 0 Å². The topological polar surface area (TPSA) is 103 Å². The van der Waals surface area contributed by atoms with E-state index in [1.807, 2.05) is 0 Å². The second-order valence-corrected chi connectivity index (χ2v) is 8.77. The number of thioether (sulfide) groups is 1. The van der Waals surface area contributed by atoms with Crippen molar-refractivity contribution in [3.63, 3.8) is 0 Å². The van der Waals surface area contributed by atoms with Crippen LogP contribution in [-0.4, -0.2) is 63.0 Å². The van der Waals surface area contributed by atoms with Gasteiger partial charge in [0.2, 0.25) is 5.75 Å². The third kappa shape index (κ3) is 6.51. The normalized spacial score (nSPS) is 14.2. The highest BCUT2D eigenvalue weighted by Gasteiger charge is 2.34. The van der Waals surface area contributed by atoms with Gasteiger partial charge in [0, 0.05) is 18.7 Å². The standard InChI is InChI=1S/C26H30N2O7S/c1-5-6-13-35-19-9-7-18(8-10-19)24(29)27-11-12-28-25(30)22(36-26(28)31)16-17-14-20(32-2)23(34-4)21(15-17)33-3/h7-10,14-16H,5-6,11-13H2,1-4H3,(H,27,29)/b22-16+. The first kappa shape index (κ1) is 26.9. The molecule has 192 valence electrons. The first-order chi connectivity index (χ1) is 17.4. The summed E-state index contributed by atoms with van der Waals surface area (Å²) in [5.74, 6) is 1.28. The van der Waals surface area contributed by atoms with Crippen molar-refractivity contribution in [1.29, 1.82) is 0 Å². The monoisotopic (exact) mass is 514 g/mol. The molecule has 1 heterocycles. The lowest BCUT2D eigenvalue weighted by Gasteiger charge is -2.14. The van der Waals surface area contributed by atoms with E-state index < -0.39 is 11.1 Å². The number of amides is 3. The van der Waals surface area contributed by atoms with Crippen LogP contribution in [0.25, 0.3) is 6.08 Å². The predicted octanol–water partition coefficient (Wildman–Crippen LogP) is 4.36. The van der Waals surface area contributed by atoms with E-state index in [1.54, 1.807) is 42.5 Å². The van der Waals surface area contributed by atoms with Crippen molar-refractivity contribution in [1.82, 2.24) is 10.2 Å². The zero-order valence-corrected chi connectivity index (χ0v) is 21.6. The van der Waals surface area contributed by atoms with Gasteiger partial charge in [-0.2, -0.15) is 0 Å². The van der Waals surface area contributed by atoms with Crippen LogP contribution in [0.5, 0.6) is 23.0 Å². The van der Waals surface area contributed by atoms with Gasteiger partial charge in [0.1, 0.15) is 5.75 Å². The third-order valence-electron chi connectivity index (χ3n) is 5.36. The van der Waals surface area contributed by atoms with Crippen molar-refractivity contribution >= 4 is 34.9 Å². The SMILES string of the molecule is CCCCOc1ccc(C(=O)NCCN2C(=O)S/C(=C/c3cc(OC)c(OC)c(OC)c3)C2=O)cc1. The van der Waals surface area contributed by atoms with Crippen LogP contribution >= 0.6 is 11.8 Å². The van der Waals surface area contributed by atoms with Gasteiger partial charge in [-0.05, 0) is 66.2 Å². The van der Waals surface area contributed by atoms with Gasteiger partial charge in [-0.15, -0.1) is 0 Å². The molecule has 3 rings (SSSR count). The van der Waals surface area contributed by atoms with Gasteiger partial charge in [-0.3, -0.25) is 19.3 Å². The maximum absolute atomic E-state index is 12.8. The Morgan fingerprint density at radius 2 is 1.69 bits per heavy atom. The number of unbranched alkanes of at least 4 members (excludes halogenated alkanes) is 1. The van der Waals surface area contributed by atoms with Crippen LogP contribution in [0.1, 0.15) is 35.7 Å². The van der Waals surface area contributed by atoms with Gasteiger partial charge in [0.05, 0.1) is 32.8 Å². The maximum Gasteiger partial charge on any atom is 0.293 e. The lowest BCUT2D eigenvalue weighted by molar-refractivity contribution is -0.122. The minimum atomic E-state index is -0.429. The molecule has 2 aromatic carbocycles. The average molecular weight is 515 g/mol. The fourth-order valence-electron chi connectivity index (χ4n) is 3.45. The molecule has 1 N–H and O–H groups in total. The van der Waals surface area contributed by atoms with E-state index in [4.69, 9.17) is 18.9 Å². The summed E-state index contributed by atoms with van der Waals surface area (Å²) in [4.78, 5) is 39.1. The van der Waals surface area contributed by atoms with E-state index in [2.05, 4.69) is 12.2 Å². The zero-order chi connectivity index (χ0) is 26.1. The van der Waals surface area contributed by atoms with Gasteiger partial charge in [0.25, 0.3) is 17.1 Å². The van der Waals surface area contributed by atoms with Crippen LogP contribution in [0.3, 0.4) is 0 Å². The Labute approximate surface area is 214 Å². The Morgan fingerprint density at radius 3 is 2.28 bits per heavy atom. The van der Waals surface area contributed by atoms with Crippen LogP contribution < -0.4 is 24.3 Å². The van der Waals surface area contributed by atoms with Crippen molar-refractivity contribution in [2.75, 3.05) is 41.0 Å². The molecule has 0 bridgehead atoms. The summed E-state index contributed by atoms with van der Waals surface area (Å²) in [5, 5.41) is 2.34. The Kier molecular flexibility index (Phi) is 9.63. The Bertz CT molecular complexity index is 1110. The molecule has 2 aromatic rings. The molecule has 36 heavy (non-hydrogen) atoms. The first-order valence-corrected chi connectivity index (χ1v) is 12.3. The number of hydrogen-bond acceptors (Lipinski definition) is 8. The third-order valence-corrected chi connectivity index (χ3v) is 6.27. The van der Waals surface area contributed by atoms with E-state index in [-0.39, 0.29) is 23.9 Å². The van der Waals surface area contributed by atoms with E-state index in [0.717, 1.165) is 29.5 Å². The largest absolute Gasteiger partial charge is 0.494 e. The fraction of sp³-hybridized carbons (Fsp3) is 0.346. The summed E-state index contributed by atoms with van der Waals surface area (Å²) in [6, 6.07) is 10.2. The summed E-state index contributed by atoms with van der Waals surface area (Å²) in [6.07, 6.45) is 3.61. The minimum Gasteiger partial charge on any atom is -0.494 e. The molecule has 1 fully saturated rings. The van der Waals surface area contributed by atoms with Gasteiger partial charge >= 0.3 is 0 Å². The van der Waals surface area contributed by atoms with E-state index in [0.29, 0.717) is 40.7 Å².